The second kappa shape index (κ2) is 6.24. The molecule has 4 heteroatoms. The largest absolute Gasteiger partial charge is 0.462 e. The van der Waals surface area contributed by atoms with E-state index in [2.05, 4.69) is 19.1 Å². The number of fused-ring (bicyclic) bond motifs is 1. The summed E-state index contributed by atoms with van der Waals surface area (Å²) in [5.41, 5.74) is 5.73. The monoisotopic (exact) mass is 308 g/mol. The summed E-state index contributed by atoms with van der Waals surface area (Å²) in [5, 5.41) is 0. The Balaban J connectivity index is 2.13. The SMILES string of the molecule is CCOC(=O)c1ccn2c(C)c(-c3ccccc3CC)nc2c1. The predicted octanol–water partition coefficient (Wildman–Crippen LogP) is 4.05. The number of nitrogens with zero attached hydrogens (tertiary/aromatic N) is 2. The molecule has 0 fully saturated rings. The average Bonchev–Trinajstić information content (AvgIpc) is 2.91. The summed E-state index contributed by atoms with van der Waals surface area (Å²) in [7, 11) is 0. The van der Waals surface area contributed by atoms with Gasteiger partial charge in [0, 0.05) is 17.5 Å². The fourth-order valence-corrected chi connectivity index (χ4v) is 2.82. The van der Waals surface area contributed by atoms with Crippen molar-refractivity contribution >= 4 is 11.6 Å². The highest BCUT2D eigenvalue weighted by molar-refractivity contribution is 5.90. The summed E-state index contributed by atoms with van der Waals surface area (Å²) in [6, 6.07) is 11.9. The number of hydrogen-bond donors (Lipinski definition) is 0. The Labute approximate surface area is 135 Å². The molecule has 0 spiro atoms. The molecule has 2 heterocycles. The number of aryl methyl sites for hydroxylation is 2. The molecule has 0 amide bonds. The third kappa shape index (κ3) is 2.72. The lowest BCUT2D eigenvalue weighted by atomic mass is 10.0. The molecule has 0 aliphatic rings. The van der Waals surface area contributed by atoms with Crippen LogP contribution >= 0.6 is 0 Å². The first kappa shape index (κ1) is 15.3. The van der Waals surface area contributed by atoms with Gasteiger partial charge in [0.1, 0.15) is 5.65 Å². The van der Waals surface area contributed by atoms with Gasteiger partial charge in [0.15, 0.2) is 0 Å². The van der Waals surface area contributed by atoms with Gasteiger partial charge >= 0.3 is 5.97 Å². The van der Waals surface area contributed by atoms with Crippen molar-refractivity contribution in [2.75, 3.05) is 6.61 Å². The van der Waals surface area contributed by atoms with E-state index in [0.717, 1.165) is 29.0 Å². The molecule has 3 rings (SSSR count). The van der Waals surface area contributed by atoms with Gasteiger partial charge in [0.05, 0.1) is 17.9 Å². The lowest BCUT2D eigenvalue weighted by Gasteiger charge is -2.05. The molecule has 118 valence electrons. The number of pyridine rings is 1. The molecule has 4 nitrogen and oxygen atoms in total. The standard InChI is InChI=1S/C19H20N2O2/c1-4-14-8-6-7-9-16(14)18-13(3)21-11-10-15(12-17(21)20-18)19(22)23-5-2/h6-12H,4-5H2,1-3H3. The van der Waals surface area contributed by atoms with E-state index in [9.17, 15) is 4.79 Å². The Morgan fingerprint density at radius 2 is 2.00 bits per heavy atom. The Morgan fingerprint density at radius 3 is 2.74 bits per heavy atom. The molecule has 0 aliphatic heterocycles. The molecule has 1 aromatic carbocycles. The van der Waals surface area contributed by atoms with Crippen LogP contribution in [0.4, 0.5) is 0 Å². The maximum atomic E-state index is 11.9. The Morgan fingerprint density at radius 1 is 1.22 bits per heavy atom. The van der Waals surface area contributed by atoms with Crippen LogP contribution in [0.5, 0.6) is 0 Å². The van der Waals surface area contributed by atoms with Crippen LogP contribution < -0.4 is 0 Å². The number of benzene rings is 1. The molecule has 0 N–H and O–H groups in total. The lowest BCUT2D eigenvalue weighted by molar-refractivity contribution is 0.0526. The summed E-state index contributed by atoms with van der Waals surface area (Å²) in [5.74, 6) is -0.314. The van der Waals surface area contributed by atoms with Crippen molar-refractivity contribution < 1.29 is 9.53 Å². The van der Waals surface area contributed by atoms with Crippen molar-refractivity contribution in [3.05, 3.63) is 59.4 Å². The van der Waals surface area contributed by atoms with Crippen molar-refractivity contribution in [1.29, 1.82) is 0 Å². The highest BCUT2D eigenvalue weighted by atomic mass is 16.5. The molecule has 0 radical (unpaired) electrons. The van der Waals surface area contributed by atoms with Gasteiger partial charge in [-0.15, -0.1) is 0 Å². The van der Waals surface area contributed by atoms with Crippen molar-refractivity contribution in [2.24, 2.45) is 0 Å². The summed E-state index contributed by atoms with van der Waals surface area (Å²) in [6.45, 7) is 6.36. The maximum Gasteiger partial charge on any atom is 0.338 e. The van der Waals surface area contributed by atoms with Crippen LogP contribution in [0.15, 0.2) is 42.6 Å². The number of imidazole rings is 1. The molecule has 0 saturated carbocycles. The second-order valence-electron chi connectivity index (χ2n) is 5.42. The molecule has 0 atom stereocenters. The molecule has 0 saturated heterocycles. The summed E-state index contributed by atoms with van der Waals surface area (Å²) in [4.78, 5) is 16.6. The topological polar surface area (TPSA) is 43.6 Å². The maximum absolute atomic E-state index is 11.9. The molecule has 23 heavy (non-hydrogen) atoms. The first-order valence-electron chi connectivity index (χ1n) is 7.89. The minimum absolute atomic E-state index is 0.314. The van der Waals surface area contributed by atoms with Gasteiger partial charge in [-0.3, -0.25) is 0 Å². The first-order chi connectivity index (χ1) is 11.2. The Kier molecular flexibility index (Phi) is 4.15. The highest BCUT2D eigenvalue weighted by Crippen LogP contribution is 2.27. The smallest absolute Gasteiger partial charge is 0.338 e. The minimum atomic E-state index is -0.314. The highest BCUT2D eigenvalue weighted by Gasteiger charge is 2.15. The lowest BCUT2D eigenvalue weighted by Crippen LogP contribution is -2.05. The van der Waals surface area contributed by atoms with Crippen LogP contribution in [0.1, 0.15) is 35.5 Å². The zero-order valence-electron chi connectivity index (χ0n) is 13.7. The van der Waals surface area contributed by atoms with Crippen molar-refractivity contribution in [3.63, 3.8) is 0 Å². The fourth-order valence-electron chi connectivity index (χ4n) is 2.82. The van der Waals surface area contributed by atoms with Gasteiger partial charge in [-0.1, -0.05) is 31.2 Å². The quantitative estimate of drug-likeness (QED) is 0.683. The average molecular weight is 308 g/mol. The van der Waals surface area contributed by atoms with E-state index in [0.29, 0.717) is 12.2 Å². The van der Waals surface area contributed by atoms with Crippen LogP contribution in [-0.2, 0) is 11.2 Å². The van der Waals surface area contributed by atoms with Gasteiger partial charge in [0.25, 0.3) is 0 Å². The van der Waals surface area contributed by atoms with Crippen LogP contribution in [0, 0.1) is 6.92 Å². The van der Waals surface area contributed by atoms with E-state index in [4.69, 9.17) is 9.72 Å². The van der Waals surface area contributed by atoms with E-state index in [1.807, 2.05) is 29.7 Å². The molecule has 3 aromatic rings. The summed E-state index contributed by atoms with van der Waals surface area (Å²) in [6.07, 6.45) is 2.83. The number of hydrogen-bond acceptors (Lipinski definition) is 3. The van der Waals surface area contributed by atoms with E-state index in [1.54, 1.807) is 19.1 Å². The van der Waals surface area contributed by atoms with E-state index >= 15 is 0 Å². The van der Waals surface area contributed by atoms with Crippen LogP contribution in [-0.4, -0.2) is 22.0 Å². The number of aromatic nitrogens is 2. The molecule has 0 unspecified atom stereocenters. The summed E-state index contributed by atoms with van der Waals surface area (Å²) < 4.78 is 7.06. The number of rotatable bonds is 4. The number of ether oxygens (including phenoxy) is 1. The van der Waals surface area contributed by atoms with Gasteiger partial charge in [-0.2, -0.15) is 0 Å². The Hall–Kier alpha value is -2.62. The normalized spacial score (nSPS) is 10.9. The fraction of sp³-hybridized carbons (Fsp3) is 0.263. The summed E-state index contributed by atoms with van der Waals surface area (Å²) >= 11 is 0. The molecule has 2 aromatic heterocycles. The number of esters is 1. The Bertz CT molecular complexity index is 865. The molecular weight excluding hydrogens is 288 g/mol. The third-order valence-corrected chi connectivity index (χ3v) is 4.03. The minimum Gasteiger partial charge on any atom is -0.462 e. The van der Waals surface area contributed by atoms with E-state index < -0.39 is 0 Å². The molecule has 0 bridgehead atoms. The van der Waals surface area contributed by atoms with E-state index in [-0.39, 0.29) is 5.97 Å². The van der Waals surface area contributed by atoms with Crippen LogP contribution in [0.3, 0.4) is 0 Å². The third-order valence-electron chi connectivity index (χ3n) is 4.03. The molecular formula is C19H20N2O2. The van der Waals surface area contributed by atoms with E-state index in [1.165, 1.54) is 5.56 Å². The van der Waals surface area contributed by atoms with Crippen molar-refractivity contribution in [1.82, 2.24) is 9.38 Å². The van der Waals surface area contributed by atoms with Gasteiger partial charge < -0.3 is 9.14 Å². The molecule has 0 aliphatic carbocycles. The van der Waals surface area contributed by atoms with Crippen molar-refractivity contribution in [2.45, 2.75) is 27.2 Å². The first-order valence-corrected chi connectivity index (χ1v) is 7.89. The van der Waals surface area contributed by atoms with Crippen molar-refractivity contribution in [3.8, 4) is 11.3 Å². The van der Waals surface area contributed by atoms with Crippen LogP contribution in [0.25, 0.3) is 16.9 Å². The number of carbonyl (C=O) groups is 1. The zero-order chi connectivity index (χ0) is 16.4. The number of carbonyl (C=O) groups excluding carboxylic acids is 1. The van der Waals surface area contributed by atoms with Crippen LogP contribution in [0.2, 0.25) is 0 Å². The van der Waals surface area contributed by atoms with Gasteiger partial charge in [0.2, 0.25) is 0 Å². The predicted molar refractivity (Wildman–Crippen MR) is 90.7 cm³/mol. The van der Waals surface area contributed by atoms with Gasteiger partial charge in [-0.25, -0.2) is 9.78 Å². The zero-order valence-corrected chi connectivity index (χ0v) is 13.7. The van der Waals surface area contributed by atoms with Gasteiger partial charge in [-0.05, 0) is 38.0 Å². The second-order valence-corrected chi connectivity index (χ2v) is 5.42.